The van der Waals surface area contributed by atoms with E-state index in [1.807, 2.05) is 27.7 Å². The molecule has 4 saturated heterocycles. The lowest BCUT2D eigenvalue weighted by molar-refractivity contribution is -0.146. The van der Waals surface area contributed by atoms with E-state index in [2.05, 4.69) is 133 Å². The van der Waals surface area contributed by atoms with Crippen molar-refractivity contribution in [3.63, 3.8) is 0 Å². The Hall–Kier alpha value is -5.00. The van der Waals surface area contributed by atoms with Crippen LogP contribution in [0.5, 0.6) is 0 Å². The van der Waals surface area contributed by atoms with Gasteiger partial charge in [-0.25, -0.2) is 0 Å². The van der Waals surface area contributed by atoms with E-state index in [1.165, 1.54) is 66.8 Å². The van der Waals surface area contributed by atoms with Crippen molar-refractivity contribution in [2.45, 2.75) is 102 Å². The number of rotatable bonds is 17. The second kappa shape index (κ2) is 20.2. The molecule has 4 heterocycles. The minimum Gasteiger partial charge on any atom is -0.348 e. The average Bonchev–Trinajstić information content (AvgIpc) is 4.22. The lowest BCUT2D eigenvalue weighted by Crippen LogP contribution is -2.26. The van der Waals surface area contributed by atoms with Crippen molar-refractivity contribution in [2.75, 3.05) is 52.9 Å². The summed E-state index contributed by atoms with van der Waals surface area (Å²) in [5, 5.41) is 0. The molecule has 8 heteroatoms. The predicted octanol–water partition coefficient (Wildman–Crippen LogP) is 12.8. The van der Waals surface area contributed by atoms with E-state index >= 15 is 0 Å². The van der Waals surface area contributed by atoms with Crippen LogP contribution in [0, 0.1) is 0 Å². The Morgan fingerprint density at radius 3 is 0.588 bits per heavy atom. The van der Waals surface area contributed by atoms with Crippen LogP contribution in [0.15, 0.2) is 133 Å². The summed E-state index contributed by atoms with van der Waals surface area (Å²) < 4.78 is 47.3. The van der Waals surface area contributed by atoms with Crippen LogP contribution in [-0.4, -0.2) is 76.0 Å². The molecule has 8 nitrogen and oxygen atoms in total. The second-order valence-electron chi connectivity index (χ2n) is 19.7. The zero-order valence-electron chi connectivity index (χ0n) is 40.3. The third kappa shape index (κ3) is 11.4. The van der Waals surface area contributed by atoms with Gasteiger partial charge in [0.05, 0.1) is 52.9 Å². The fraction of sp³-hybridized carbons (Fsp3) is 0.400. The number of benzene rings is 6. The fourth-order valence-electron chi connectivity index (χ4n) is 10.0. The molecule has 10 rings (SSSR count). The number of aryl methyl sites for hydroxylation is 4. The normalized spacial score (nSPS) is 19.2. The highest BCUT2D eigenvalue weighted by Crippen LogP contribution is 2.39. The Bertz CT molecular complexity index is 2250. The minimum absolute atomic E-state index is 0.512. The SMILES string of the molecule is CC1(CCc2ccc(-c3cc(-c4ccc(CCC5(C)OCCO5)cc4)cc(-c4cc(-c5ccc(CCC6(C)OCCO6)cc5)cc(-c5ccc(CCC6(C)OCCO6)cc5)c4)c3)cc2)OCCO1. The first-order chi connectivity index (χ1) is 33.0. The number of hydrogen-bond acceptors (Lipinski definition) is 8. The van der Waals surface area contributed by atoms with E-state index < -0.39 is 23.1 Å². The molecule has 0 atom stereocenters. The van der Waals surface area contributed by atoms with Crippen molar-refractivity contribution in [1.82, 2.24) is 0 Å². The highest BCUT2D eigenvalue weighted by molar-refractivity contribution is 5.86. The van der Waals surface area contributed by atoms with Gasteiger partial charge in [-0.1, -0.05) is 97.1 Å². The van der Waals surface area contributed by atoms with E-state index in [9.17, 15) is 0 Å². The molecule has 4 fully saturated rings. The van der Waals surface area contributed by atoms with Crippen LogP contribution < -0.4 is 0 Å². The summed E-state index contributed by atoms with van der Waals surface area (Å²) >= 11 is 0. The molecule has 354 valence electrons. The van der Waals surface area contributed by atoms with Gasteiger partial charge in [-0.3, -0.25) is 0 Å². The molecule has 0 amide bonds. The molecule has 0 aliphatic carbocycles. The first kappa shape index (κ1) is 46.7. The Kier molecular flexibility index (Phi) is 13.8. The summed E-state index contributed by atoms with van der Waals surface area (Å²) in [7, 11) is 0. The van der Waals surface area contributed by atoms with Gasteiger partial charge in [0.1, 0.15) is 0 Å². The molecule has 0 spiro atoms. The zero-order chi connectivity index (χ0) is 46.6. The van der Waals surface area contributed by atoms with E-state index in [0.717, 1.165) is 62.5 Å². The first-order valence-corrected chi connectivity index (χ1v) is 24.8. The Morgan fingerprint density at radius 2 is 0.412 bits per heavy atom. The summed E-state index contributed by atoms with van der Waals surface area (Å²) in [6.45, 7) is 13.4. The summed E-state index contributed by atoms with van der Waals surface area (Å²) in [5.74, 6) is -2.05. The second-order valence-corrected chi connectivity index (χ2v) is 19.7. The van der Waals surface area contributed by atoms with Gasteiger partial charge in [-0.2, -0.15) is 0 Å². The first-order valence-electron chi connectivity index (χ1n) is 24.8. The Labute approximate surface area is 402 Å². The third-order valence-corrected chi connectivity index (χ3v) is 14.4. The van der Waals surface area contributed by atoms with E-state index in [0.29, 0.717) is 52.9 Å². The third-order valence-electron chi connectivity index (χ3n) is 14.4. The summed E-state index contributed by atoms with van der Waals surface area (Å²) in [5.41, 5.74) is 16.7. The molecule has 6 aromatic rings. The van der Waals surface area contributed by atoms with E-state index in [-0.39, 0.29) is 0 Å². The van der Waals surface area contributed by atoms with Gasteiger partial charge in [-0.05, 0) is 168 Å². The highest BCUT2D eigenvalue weighted by Gasteiger charge is 2.33. The highest BCUT2D eigenvalue weighted by atomic mass is 16.7. The van der Waals surface area contributed by atoms with Crippen molar-refractivity contribution in [3.8, 4) is 55.6 Å². The summed E-state index contributed by atoms with van der Waals surface area (Å²) in [6.07, 6.45) is 6.80. The molecular formula is C60H66O8. The van der Waals surface area contributed by atoms with Gasteiger partial charge in [0.2, 0.25) is 0 Å². The fourth-order valence-corrected chi connectivity index (χ4v) is 10.0. The molecule has 6 aromatic carbocycles. The van der Waals surface area contributed by atoms with E-state index in [1.54, 1.807) is 0 Å². The summed E-state index contributed by atoms with van der Waals surface area (Å²) in [4.78, 5) is 0. The molecule has 68 heavy (non-hydrogen) atoms. The minimum atomic E-state index is -0.512. The number of ether oxygens (including phenoxy) is 8. The van der Waals surface area contributed by atoms with Crippen LogP contribution in [-0.2, 0) is 63.6 Å². The van der Waals surface area contributed by atoms with E-state index in [4.69, 9.17) is 37.9 Å². The van der Waals surface area contributed by atoms with Crippen molar-refractivity contribution in [3.05, 3.63) is 156 Å². The Balaban J connectivity index is 0.996. The quantitative estimate of drug-likeness (QED) is 0.0896. The van der Waals surface area contributed by atoms with Crippen molar-refractivity contribution >= 4 is 0 Å². The lowest BCUT2D eigenvalue weighted by atomic mass is 9.89. The van der Waals surface area contributed by atoms with Crippen molar-refractivity contribution < 1.29 is 37.9 Å². The molecule has 0 saturated carbocycles. The molecule has 4 aliphatic rings. The molecule has 0 radical (unpaired) electrons. The van der Waals surface area contributed by atoms with Crippen molar-refractivity contribution in [1.29, 1.82) is 0 Å². The van der Waals surface area contributed by atoms with Crippen LogP contribution >= 0.6 is 0 Å². The van der Waals surface area contributed by atoms with Gasteiger partial charge >= 0.3 is 0 Å². The maximum Gasteiger partial charge on any atom is 0.166 e. The van der Waals surface area contributed by atoms with Crippen molar-refractivity contribution in [2.24, 2.45) is 0 Å². The van der Waals surface area contributed by atoms with Gasteiger partial charge in [0.15, 0.2) is 23.1 Å². The Morgan fingerprint density at radius 1 is 0.250 bits per heavy atom. The molecule has 0 bridgehead atoms. The molecule has 0 unspecified atom stereocenters. The standard InChI is InChI=1S/C60H66O8/c1-57(61-29-30-62-57)25-21-43-5-13-47(14-6-43)51-37-52(48-15-7-44(8-16-48)22-26-58(2)63-31-32-64-58)40-55(39-51)56-41-53(49-17-9-45(10-18-49)23-27-59(3)65-33-34-66-59)38-54(42-56)50-19-11-46(12-20-50)24-28-60(4)67-35-36-68-60/h5-20,37-42H,21-36H2,1-4H3. The van der Waals surface area contributed by atoms with Crippen LogP contribution in [0.3, 0.4) is 0 Å². The lowest BCUT2D eigenvalue weighted by Gasteiger charge is -2.22. The maximum absolute atomic E-state index is 5.91. The smallest absolute Gasteiger partial charge is 0.166 e. The van der Waals surface area contributed by atoms with Gasteiger partial charge in [-0.15, -0.1) is 0 Å². The van der Waals surface area contributed by atoms with Gasteiger partial charge < -0.3 is 37.9 Å². The number of hydrogen-bond donors (Lipinski definition) is 0. The molecule has 4 aliphatic heterocycles. The average molecular weight is 915 g/mol. The molecule has 0 aromatic heterocycles. The predicted molar refractivity (Wildman–Crippen MR) is 268 cm³/mol. The maximum atomic E-state index is 5.91. The van der Waals surface area contributed by atoms with Crippen LogP contribution in [0.1, 0.15) is 75.6 Å². The van der Waals surface area contributed by atoms with Gasteiger partial charge in [0.25, 0.3) is 0 Å². The van der Waals surface area contributed by atoms with Crippen LogP contribution in [0.25, 0.3) is 55.6 Å². The van der Waals surface area contributed by atoms with Crippen LogP contribution in [0.4, 0.5) is 0 Å². The molecular weight excluding hydrogens is 849 g/mol. The topological polar surface area (TPSA) is 73.8 Å². The zero-order valence-corrected chi connectivity index (χ0v) is 40.3. The van der Waals surface area contributed by atoms with Crippen LogP contribution in [0.2, 0.25) is 0 Å². The van der Waals surface area contributed by atoms with Gasteiger partial charge in [0, 0.05) is 25.7 Å². The molecule has 0 N–H and O–H groups in total. The summed E-state index contributed by atoms with van der Waals surface area (Å²) in [6, 6.07) is 50.2. The monoisotopic (exact) mass is 914 g/mol. The largest absolute Gasteiger partial charge is 0.348 e.